The van der Waals surface area contributed by atoms with Crippen molar-refractivity contribution in [3.05, 3.63) is 82.3 Å². The third-order valence-corrected chi connectivity index (χ3v) is 7.03. The molecule has 0 N–H and O–H groups in total. The molecule has 1 unspecified atom stereocenters. The molecule has 0 saturated carbocycles. The predicted molar refractivity (Wildman–Crippen MR) is 135 cm³/mol. The normalized spacial score (nSPS) is 18.0. The first-order chi connectivity index (χ1) is 15.2. The third-order valence-electron chi connectivity index (χ3n) is 5.27. The molecule has 0 aromatic heterocycles. The standard InChI is InChI=1S/C25H24BrN3OS/c1-2-3-11-23-24(30)29(17-20-9-6-8-19-7-4-5-10-22(19)20)25(31-23)28-27-16-18-12-14-21(26)15-13-18/h4-10,12-16,23H,2-3,11,17H2,1H3. The van der Waals surface area contributed by atoms with Crippen molar-refractivity contribution in [3.63, 3.8) is 0 Å². The van der Waals surface area contributed by atoms with Crippen molar-refractivity contribution in [1.82, 2.24) is 4.90 Å². The Hall–Kier alpha value is -2.44. The molecule has 3 aromatic rings. The SMILES string of the molecule is CCCCC1SC(=NN=Cc2ccc(Br)cc2)N(Cc2cccc3ccccc23)C1=O. The van der Waals surface area contributed by atoms with Crippen molar-refractivity contribution in [3.8, 4) is 0 Å². The van der Waals surface area contributed by atoms with Crippen molar-refractivity contribution in [2.24, 2.45) is 10.2 Å². The van der Waals surface area contributed by atoms with Crippen LogP contribution in [0, 0.1) is 0 Å². The van der Waals surface area contributed by atoms with E-state index in [1.165, 1.54) is 17.1 Å². The maximum atomic E-state index is 13.2. The van der Waals surface area contributed by atoms with Crippen molar-refractivity contribution in [2.75, 3.05) is 0 Å². The Balaban J connectivity index is 1.61. The molecule has 1 aliphatic heterocycles. The number of nitrogens with zero attached hydrogens (tertiary/aromatic N) is 3. The summed E-state index contributed by atoms with van der Waals surface area (Å²) in [5.41, 5.74) is 2.08. The molecule has 1 heterocycles. The topological polar surface area (TPSA) is 45.0 Å². The van der Waals surface area contributed by atoms with Gasteiger partial charge in [0.05, 0.1) is 18.0 Å². The van der Waals surface area contributed by atoms with Gasteiger partial charge < -0.3 is 0 Å². The van der Waals surface area contributed by atoms with Crippen molar-refractivity contribution in [2.45, 2.75) is 38.0 Å². The van der Waals surface area contributed by atoms with Gasteiger partial charge in [-0.2, -0.15) is 5.10 Å². The average Bonchev–Trinajstić information content (AvgIpc) is 3.08. The third kappa shape index (κ3) is 5.25. The van der Waals surface area contributed by atoms with Gasteiger partial charge in [0.15, 0.2) is 5.17 Å². The van der Waals surface area contributed by atoms with Gasteiger partial charge in [-0.05, 0) is 40.5 Å². The summed E-state index contributed by atoms with van der Waals surface area (Å²) < 4.78 is 1.02. The van der Waals surface area contributed by atoms with E-state index in [0.29, 0.717) is 11.7 Å². The monoisotopic (exact) mass is 493 g/mol. The zero-order chi connectivity index (χ0) is 21.6. The summed E-state index contributed by atoms with van der Waals surface area (Å²) in [4.78, 5) is 15.0. The average molecular weight is 494 g/mol. The Morgan fingerprint density at radius 3 is 2.65 bits per heavy atom. The number of benzene rings is 3. The maximum absolute atomic E-state index is 13.2. The molecule has 0 radical (unpaired) electrons. The van der Waals surface area contributed by atoms with E-state index < -0.39 is 0 Å². The fourth-order valence-corrected chi connectivity index (χ4v) is 5.01. The molecule has 6 heteroatoms. The minimum Gasteiger partial charge on any atom is -0.284 e. The quantitative estimate of drug-likeness (QED) is 0.274. The summed E-state index contributed by atoms with van der Waals surface area (Å²) in [6, 6.07) is 22.4. The molecule has 4 rings (SSSR count). The van der Waals surface area contributed by atoms with Crippen LogP contribution in [0.4, 0.5) is 0 Å². The van der Waals surface area contributed by atoms with Crippen LogP contribution >= 0.6 is 27.7 Å². The van der Waals surface area contributed by atoms with Crippen LogP contribution in [0.15, 0.2) is 81.4 Å². The minimum atomic E-state index is -0.0865. The van der Waals surface area contributed by atoms with Gasteiger partial charge in [-0.3, -0.25) is 9.69 Å². The van der Waals surface area contributed by atoms with E-state index in [1.807, 2.05) is 42.5 Å². The molecule has 0 spiro atoms. The second-order valence-electron chi connectivity index (χ2n) is 7.49. The molecule has 0 aliphatic carbocycles. The summed E-state index contributed by atoms with van der Waals surface area (Å²) in [5.74, 6) is 0.129. The smallest absolute Gasteiger partial charge is 0.242 e. The molecule has 158 valence electrons. The van der Waals surface area contributed by atoms with Crippen molar-refractivity contribution < 1.29 is 4.79 Å². The summed E-state index contributed by atoms with van der Waals surface area (Å²) in [7, 11) is 0. The molecule has 1 amide bonds. The molecule has 0 bridgehead atoms. The lowest BCUT2D eigenvalue weighted by molar-refractivity contribution is -0.126. The number of amides is 1. The number of hydrogen-bond acceptors (Lipinski definition) is 4. The number of hydrogen-bond donors (Lipinski definition) is 0. The van der Waals surface area contributed by atoms with Crippen LogP contribution in [0.5, 0.6) is 0 Å². The Bertz CT molecular complexity index is 1120. The predicted octanol–water partition coefficient (Wildman–Crippen LogP) is 6.63. The van der Waals surface area contributed by atoms with Gasteiger partial charge >= 0.3 is 0 Å². The highest BCUT2D eigenvalue weighted by molar-refractivity contribution is 9.10. The van der Waals surface area contributed by atoms with E-state index >= 15 is 0 Å². The Morgan fingerprint density at radius 2 is 1.84 bits per heavy atom. The van der Waals surface area contributed by atoms with Gasteiger partial charge in [-0.15, -0.1) is 5.10 Å². The molecule has 3 aromatic carbocycles. The fraction of sp³-hybridized carbons (Fsp3) is 0.240. The second-order valence-corrected chi connectivity index (χ2v) is 9.58. The first-order valence-corrected chi connectivity index (χ1v) is 12.1. The Morgan fingerprint density at radius 1 is 1.06 bits per heavy atom. The van der Waals surface area contributed by atoms with Gasteiger partial charge in [-0.25, -0.2) is 0 Å². The molecular weight excluding hydrogens is 470 g/mol. The summed E-state index contributed by atoms with van der Waals surface area (Å²) in [6.07, 6.45) is 4.68. The van der Waals surface area contributed by atoms with Crippen LogP contribution in [0.25, 0.3) is 10.8 Å². The lowest BCUT2D eigenvalue weighted by Crippen LogP contribution is -2.31. The fourth-order valence-electron chi connectivity index (χ4n) is 3.60. The van der Waals surface area contributed by atoms with Crippen LogP contribution in [0.2, 0.25) is 0 Å². The van der Waals surface area contributed by atoms with Crippen molar-refractivity contribution >= 4 is 55.8 Å². The van der Waals surface area contributed by atoms with Crippen LogP contribution in [-0.2, 0) is 11.3 Å². The van der Waals surface area contributed by atoms with Crippen LogP contribution < -0.4 is 0 Å². The lowest BCUT2D eigenvalue weighted by Gasteiger charge is -2.17. The van der Waals surface area contributed by atoms with Crippen molar-refractivity contribution in [1.29, 1.82) is 0 Å². The highest BCUT2D eigenvalue weighted by Crippen LogP contribution is 2.33. The zero-order valence-electron chi connectivity index (χ0n) is 17.4. The molecule has 1 fully saturated rings. The first-order valence-electron chi connectivity index (χ1n) is 10.5. The van der Waals surface area contributed by atoms with Crippen LogP contribution in [0.3, 0.4) is 0 Å². The Labute approximate surface area is 195 Å². The van der Waals surface area contributed by atoms with E-state index in [9.17, 15) is 4.79 Å². The summed E-state index contributed by atoms with van der Waals surface area (Å²) >= 11 is 4.97. The molecular formula is C25H24BrN3OS. The number of carbonyl (C=O) groups excluding carboxylic acids is 1. The number of halogens is 1. The number of rotatable bonds is 7. The van der Waals surface area contributed by atoms with Crippen LogP contribution in [-0.4, -0.2) is 27.4 Å². The van der Waals surface area contributed by atoms with Gasteiger partial charge in [0.1, 0.15) is 0 Å². The number of fused-ring (bicyclic) bond motifs is 1. The minimum absolute atomic E-state index is 0.0865. The molecule has 4 nitrogen and oxygen atoms in total. The van der Waals surface area contributed by atoms with E-state index in [-0.39, 0.29) is 11.2 Å². The summed E-state index contributed by atoms with van der Waals surface area (Å²) in [5, 5.41) is 11.7. The Kier molecular flexibility index (Phi) is 7.20. The first kappa shape index (κ1) is 21.8. The zero-order valence-corrected chi connectivity index (χ0v) is 19.8. The van der Waals surface area contributed by atoms with E-state index in [0.717, 1.165) is 40.2 Å². The van der Waals surface area contributed by atoms with E-state index in [4.69, 9.17) is 0 Å². The maximum Gasteiger partial charge on any atom is 0.242 e. The lowest BCUT2D eigenvalue weighted by atomic mass is 10.0. The van der Waals surface area contributed by atoms with Gasteiger partial charge in [0.25, 0.3) is 0 Å². The molecule has 31 heavy (non-hydrogen) atoms. The molecule has 1 aliphatic rings. The van der Waals surface area contributed by atoms with E-state index in [2.05, 4.69) is 57.3 Å². The molecule has 1 atom stereocenters. The van der Waals surface area contributed by atoms with Crippen LogP contribution in [0.1, 0.15) is 37.3 Å². The highest BCUT2D eigenvalue weighted by atomic mass is 79.9. The molecule has 1 saturated heterocycles. The van der Waals surface area contributed by atoms with Gasteiger partial charge in [-0.1, -0.05) is 102 Å². The summed E-state index contributed by atoms with van der Waals surface area (Å²) in [6.45, 7) is 2.65. The second kappa shape index (κ2) is 10.2. The largest absolute Gasteiger partial charge is 0.284 e. The van der Waals surface area contributed by atoms with Gasteiger partial charge in [0, 0.05) is 4.47 Å². The highest BCUT2D eigenvalue weighted by Gasteiger charge is 2.37. The number of amidine groups is 1. The van der Waals surface area contributed by atoms with E-state index in [1.54, 1.807) is 11.1 Å². The van der Waals surface area contributed by atoms with Gasteiger partial charge in [0.2, 0.25) is 5.91 Å². The number of unbranched alkanes of at least 4 members (excludes halogenated alkanes) is 1. The number of thioether (sulfide) groups is 1. The number of carbonyl (C=O) groups is 1.